The van der Waals surface area contributed by atoms with Crippen molar-refractivity contribution in [2.45, 2.75) is 218 Å². The van der Waals surface area contributed by atoms with E-state index in [2.05, 4.69) is 14.5 Å². The Bertz CT molecular complexity index is 4150. The van der Waals surface area contributed by atoms with E-state index in [1.54, 1.807) is 54.0 Å². The Hall–Kier alpha value is -6.01. The van der Waals surface area contributed by atoms with E-state index >= 15 is 0 Å². The number of alkyl halides is 6. The maximum atomic E-state index is 13.5. The maximum Gasteiger partial charge on any atom is 1.00 e. The van der Waals surface area contributed by atoms with Crippen LogP contribution in [0.25, 0.3) is 0 Å². The summed E-state index contributed by atoms with van der Waals surface area (Å²) in [6.45, 7) is 7.60. The first-order valence-electron chi connectivity index (χ1n) is 38.9. The van der Waals surface area contributed by atoms with E-state index in [0.717, 1.165) is 41.6 Å². The summed E-state index contributed by atoms with van der Waals surface area (Å²) in [5.74, 6) is 3.17. The molecule has 0 unspecified atom stereocenters. The van der Waals surface area contributed by atoms with Crippen LogP contribution in [0.2, 0.25) is 0 Å². The van der Waals surface area contributed by atoms with Crippen molar-refractivity contribution < 1.29 is 165 Å². The third-order valence-corrected chi connectivity index (χ3v) is 25.7. The van der Waals surface area contributed by atoms with Gasteiger partial charge in [-0.05, 0) is 165 Å². The third-order valence-electron chi connectivity index (χ3n) is 24.0. The van der Waals surface area contributed by atoms with Gasteiger partial charge in [-0.2, -0.15) is 0 Å². The quantitative estimate of drug-likeness (QED) is 0.00672. The smallest absolute Gasteiger partial charge is 0.662 e. The topological polar surface area (TPSA) is 404 Å². The van der Waals surface area contributed by atoms with Crippen LogP contribution in [-0.2, 0) is 92.7 Å². The zero-order valence-electron chi connectivity index (χ0n) is 66.1. The number of phenols is 1. The van der Waals surface area contributed by atoms with Crippen LogP contribution >= 0.6 is 81.2 Å². The second-order valence-corrected chi connectivity index (χ2v) is 33.2. The fraction of sp³-hybridized carbons (Fsp3) is 0.646. The molecular formula is C79H97Cl7N3NaO28. The van der Waals surface area contributed by atoms with Crippen molar-refractivity contribution in [2.24, 2.45) is 0 Å². The van der Waals surface area contributed by atoms with Gasteiger partial charge in [-0.25, -0.2) is 28.8 Å². The standard InChI is InChI=1S/C28H32Cl3NO10.C24H27Cl2NO8.C17H19NO4.C5H12O.C4H6Cl2O2.CH2O3.Na/c29-9-1-13-37-24(34)32-12-8-27-21-17-4-5-19(40-25(35)38-14-2-10-30)22(21)41-23(27)18(33)6-7-28(27,20(32)16-17)42-26(36)39-15-3-11-31;25-8-1-11-32-21(29)27-10-7-23-18-14-3-4-16(34-22(30)33-12-2-9-26)19(18)35-20(23)15(28)5-6-24(23,31)17(27)13-14;1-18-7-6-16-13-9-2-3-10(19)14(13)22-15(16)11(20)4-5-17(16,21)12(18)8-9;1-4-5(2,3)6;5-2-1-3-8-4(6)7;2-1-4-3;/h4-5,20,23H,1-3,6-16H2;3-4,17,20,31H,1-2,5-13H2;2-3,12,15,19,21H,4-8H2,1H3;6H,4H2,1-3H3;1-3H2;1,3H;/q;;;;;;+1/p-1/t20-,23+,27+,28-;17-,20+,23+,24-;12-,15+,16+,17-;;;;/m111..../s1. The van der Waals surface area contributed by atoms with Crippen LogP contribution in [0.1, 0.15) is 157 Å². The number of phenolic OH excluding ortho intramolecular Hbond substituents is 1. The van der Waals surface area contributed by atoms with E-state index in [0.29, 0.717) is 136 Å². The van der Waals surface area contributed by atoms with Crippen molar-refractivity contribution in [1.29, 1.82) is 0 Å². The summed E-state index contributed by atoms with van der Waals surface area (Å²) in [5, 5.41) is 51.3. The Morgan fingerprint density at radius 1 is 0.525 bits per heavy atom. The van der Waals surface area contributed by atoms with Crippen molar-refractivity contribution in [1.82, 2.24) is 14.7 Å². The summed E-state index contributed by atoms with van der Waals surface area (Å²) in [6.07, 6.45) is 1.34. The van der Waals surface area contributed by atoms with Crippen LogP contribution in [0.5, 0.6) is 34.5 Å². The predicted octanol–water partition coefficient (Wildman–Crippen LogP) is 7.77. The Morgan fingerprint density at radius 3 is 1.33 bits per heavy atom. The molecule has 15 rings (SSSR count). The molecule has 31 nitrogen and oxygen atoms in total. The molecule has 646 valence electrons. The molecular weight excluding hydrogens is 1710 g/mol. The van der Waals surface area contributed by atoms with Gasteiger partial charge in [-0.15, -0.1) is 69.6 Å². The van der Waals surface area contributed by atoms with Gasteiger partial charge in [0.2, 0.25) is 0 Å². The number of likely N-dealkylation sites (tertiary alicyclic amines) is 3. The number of nitrogens with zero attached hydrogens (tertiary/aromatic N) is 3. The molecule has 0 radical (unpaired) electrons. The molecule has 6 fully saturated rings. The Kier molecular flexibility index (Phi) is 33.7. The number of piperidine rings is 3. The minimum Gasteiger partial charge on any atom is -0.662 e. The van der Waals surface area contributed by atoms with Crippen molar-refractivity contribution in [3.8, 4) is 34.5 Å². The minimum atomic E-state index is -1.40. The molecule has 6 aliphatic heterocycles. The Balaban J connectivity index is 0.000000187. The second-order valence-electron chi connectivity index (χ2n) is 30.7. The molecule has 3 aromatic carbocycles. The molecule has 6 aliphatic carbocycles. The van der Waals surface area contributed by atoms with Crippen molar-refractivity contribution >= 4 is 141 Å². The minimum absolute atomic E-state index is 0. The van der Waals surface area contributed by atoms with Crippen molar-refractivity contribution in [2.75, 3.05) is 102 Å². The van der Waals surface area contributed by atoms with Gasteiger partial charge < -0.3 is 102 Å². The molecule has 6 heterocycles. The summed E-state index contributed by atoms with van der Waals surface area (Å²) >= 11 is 38.6. The number of carbonyl (C=O) groups is 10. The average Bonchev–Trinajstić information content (AvgIpc) is 1.45. The molecule has 118 heavy (non-hydrogen) atoms. The number of hydrogen-bond donors (Lipinski definition) is 4. The van der Waals surface area contributed by atoms with Gasteiger partial charge in [0.1, 0.15) is 0 Å². The van der Waals surface area contributed by atoms with E-state index in [1.165, 1.54) is 0 Å². The molecule has 2 amide bonds. The van der Waals surface area contributed by atoms with Gasteiger partial charge in [0.25, 0.3) is 6.47 Å². The first-order chi connectivity index (χ1) is 55.9. The number of benzene rings is 3. The second kappa shape index (κ2) is 41.4. The summed E-state index contributed by atoms with van der Waals surface area (Å²) in [6, 6.07) is 9.04. The summed E-state index contributed by atoms with van der Waals surface area (Å²) in [4.78, 5) is 130. The summed E-state index contributed by atoms with van der Waals surface area (Å²) in [5.41, 5.74) is -2.89. The number of amides is 2. The van der Waals surface area contributed by atoms with E-state index < -0.39 is 105 Å². The molecule has 3 saturated carbocycles. The van der Waals surface area contributed by atoms with E-state index in [1.807, 2.05) is 20.0 Å². The molecule has 3 aromatic rings. The van der Waals surface area contributed by atoms with Gasteiger partial charge in [-0.1, -0.05) is 25.1 Å². The monoisotopic (exact) mass is 1800 g/mol. The molecule has 3 saturated heterocycles. The first kappa shape index (κ1) is 95.8. The Labute approximate surface area is 739 Å². The van der Waals surface area contributed by atoms with Crippen molar-refractivity contribution in [3.05, 3.63) is 69.8 Å². The zero-order chi connectivity index (χ0) is 85.0. The fourth-order valence-electron chi connectivity index (χ4n) is 18.8. The number of halogens is 7. The largest absolute Gasteiger partial charge is 1.00 e. The molecule has 4 N–H and O–H groups in total. The van der Waals surface area contributed by atoms with Crippen LogP contribution in [0.4, 0.5) is 28.8 Å². The van der Waals surface area contributed by atoms with Gasteiger partial charge in [-0.3, -0.25) is 19.2 Å². The van der Waals surface area contributed by atoms with E-state index in [-0.39, 0.29) is 166 Å². The van der Waals surface area contributed by atoms with Gasteiger partial charge in [0.15, 0.2) is 75.8 Å². The molecule has 3 spiro atoms. The predicted molar refractivity (Wildman–Crippen MR) is 419 cm³/mol. The Morgan fingerprint density at radius 2 is 0.881 bits per heavy atom. The molecule has 12 aliphatic rings. The number of aromatic hydroxyl groups is 1. The molecule has 6 bridgehead atoms. The molecule has 12 atom stereocenters. The number of ether oxygens (including phenoxy) is 12. The van der Waals surface area contributed by atoms with E-state index in [4.69, 9.17) is 148 Å². The van der Waals surface area contributed by atoms with E-state index in [9.17, 15) is 58.5 Å². The number of likely N-dealkylation sites (N-methyl/N-ethyl adjacent to an activating group) is 1. The van der Waals surface area contributed by atoms with Gasteiger partial charge in [0, 0.05) is 102 Å². The SMILES string of the molecule is CCC(C)(C)O.CN1CC[C@]23c4c5ccc(O)c4O[C@H]2C(=O)CC[C@@]3(O)[C@H]1C5.O=C(Cl)OCCCCl.O=C(OCCCCl)Oc1ccc2c3c1O[C@H]1C(=O)CC[C@@]4(O)[C@@H](C2)N(C(=O)OCCCCl)CC[C@]314.O=C(OCCCCl)Oc1ccc2c3c1O[C@H]1C(=O)CC[C@@]4(OC(=O)OCCCCl)[C@@H](C2)N(C(=O)OCCCCl)CC[C@]314.O=CO[O-].[Na+]. The van der Waals surface area contributed by atoms with Crippen LogP contribution in [-0.4, -0.2) is 255 Å². The number of Topliss-reactive ketones (excluding diaryl/α,β-unsaturated/α-hetero) is 3. The fourth-order valence-corrected chi connectivity index (χ4v) is 19.5. The number of ketones is 3. The van der Waals surface area contributed by atoms with Crippen LogP contribution < -0.4 is 58.5 Å². The van der Waals surface area contributed by atoms with Crippen molar-refractivity contribution in [3.63, 3.8) is 0 Å². The number of rotatable bonds is 23. The summed E-state index contributed by atoms with van der Waals surface area (Å²) in [7, 11) is 2.04. The normalized spacial score (nSPS) is 27.5. The molecule has 39 heteroatoms. The third kappa shape index (κ3) is 18.6. The van der Waals surface area contributed by atoms with Gasteiger partial charge in [0.05, 0.1) is 84.8 Å². The number of carbonyl (C=O) groups excluding carboxylic acids is 10. The maximum absolute atomic E-state index is 13.5. The van der Waals surface area contributed by atoms with Gasteiger partial charge >= 0.3 is 65.6 Å². The number of aliphatic hydroxyl groups is 3. The van der Waals surface area contributed by atoms with Crippen LogP contribution in [0.15, 0.2) is 36.4 Å². The number of hydrogen-bond acceptors (Lipinski definition) is 29. The van der Waals surface area contributed by atoms with Crippen LogP contribution in [0.3, 0.4) is 0 Å². The summed E-state index contributed by atoms with van der Waals surface area (Å²) < 4.78 is 66.3. The molecule has 0 aromatic heterocycles. The van der Waals surface area contributed by atoms with Crippen LogP contribution in [0, 0.1) is 0 Å². The average molecular weight is 1810 g/mol. The zero-order valence-corrected chi connectivity index (χ0v) is 73.4. The first-order valence-corrected chi connectivity index (χ1v) is 42.5.